The number of hydrogen-bond donors (Lipinski definition) is 2. The van der Waals surface area contributed by atoms with Crippen LogP contribution in [0.25, 0.3) is 22.4 Å². The van der Waals surface area contributed by atoms with E-state index >= 15 is 0 Å². The van der Waals surface area contributed by atoms with Crippen molar-refractivity contribution in [2.45, 2.75) is 45.7 Å². The van der Waals surface area contributed by atoms with Crippen molar-refractivity contribution >= 4 is 17.8 Å². The Balaban J connectivity index is 1.50. The van der Waals surface area contributed by atoms with E-state index in [2.05, 4.69) is 15.3 Å². The maximum absolute atomic E-state index is 13.3. The minimum Gasteiger partial charge on any atom is -0.453 e. The highest BCUT2D eigenvalue weighted by Gasteiger charge is 2.37. The third-order valence-corrected chi connectivity index (χ3v) is 6.66. The second kappa shape index (κ2) is 10.8. The Morgan fingerprint density at radius 1 is 1.03 bits per heavy atom. The summed E-state index contributed by atoms with van der Waals surface area (Å²) in [6, 6.07) is 14.9. The largest absolute Gasteiger partial charge is 0.453 e. The van der Waals surface area contributed by atoms with E-state index in [4.69, 9.17) is 4.74 Å². The van der Waals surface area contributed by atoms with Gasteiger partial charge in [0.1, 0.15) is 11.9 Å². The van der Waals surface area contributed by atoms with Crippen molar-refractivity contribution in [3.8, 4) is 22.4 Å². The lowest BCUT2D eigenvalue weighted by molar-refractivity contribution is -0.135. The van der Waals surface area contributed by atoms with Crippen LogP contribution < -0.4 is 5.32 Å². The molecule has 2 amide bonds. The van der Waals surface area contributed by atoms with E-state index in [0.717, 1.165) is 41.1 Å². The number of nitrogens with one attached hydrogen (secondary N) is 2. The molecule has 0 bridgehead atoms. The van der Waals surface area contributed by atoms with Crippen molar-refractivity contribution < 1.29 is 19.1 Å². The summed E-state index contributed by atoms with van der Waals surface area (Å²) in [4.78, 5) is 46.4. The molecule has 8 nitrogen and oxygen atoms in total. The van der Waals surface area contributed by atoms with Gasteiger partial charge < -0.3 is 19.9 Å². The number of Topliss-reactive ketones (excluding diaryl/α,β-unsaturated/α-hetero) is 1. The summed E-state index contributed by atoms with van der Waals surface area (Å²) in [5, 5.41) is 2.67. The topological polar surface area (TPSA) is 104 Å². The molecule has 8 heteroatoms. The number of ether oxygens (including phenoxy) is 1. The predicted molar refractivity (Wildman–Crippen MR) is 137 cm³/mol. The highest BCUT2D eigenvalue weighted by atomic mass is 16.5. The number of amides is 2. The number of hydrogen-bond acceptors (Lipinski definition) is 5. The van der Waals surface area contributed by atoms with Crippen LogP contribution in [0, 0.1) is 5.92 Å². The lowest BCUT2D eigenvalue weighted by atomic mass is 10.0. The third kappa shape index (κ3) is 5.32. The van der Waals surface area contributed by atoms with E-state index < -0.39 is 12.1 Å². The SMILES string of the molecule is COC(=O)NC(C(=O)N1CCCC1c1ncc(-c2ccc(-c3ccc(C(C)=O)cc3)cc2)[nH]1)C(C)C. The molecular weight excluding hydrogens is 456 g/mol. The number of benzene rings is 2. The van der Waals surface area contributed by atoms with Gasteiger partial charge in [-0.25, -0.2) is 9.78 Å². The van der Waals surface area contributed by atoms with E-state index in [0.29, 0.717) is 12.1 Å². The Labute approximate surface area is 211 Å². The molecule has 1 aliphatic heterocycles. The van der Waals surface area contributed by atoms with E-state index in [1.54, 1.807) is 18.0 Å². The van der Waals surface area contributed by atoms with Gasteiger partial charge in [0, 0.05) is 12.1 Å². The Morgan fingerprint density at radius 2 is 1.64 bits per heavy atom. The normalized spacial score (nSPS) is 16.1. The van der Waals surface area contributed by atoms with Crippen LogP contribution >= 0.6 is 0 Å². The molecule has 0 saturated carbocycles. The molecule has 3 aromatic rings. The molecule has 1 aromatic heterocycles. The zero-order chi connectivity index (χ0) is 25.8. The first-order valence-corrected chi connectivity index (χ1v) is 12.2. The van der Waals surface area contributed by atoms with Crippen LogP contribution in [0.2, 0.25) is 0 Å². The minimum absolute atomic E-state index is 0.0499. The fourth-order valence-corrected chi connectivity index (χ4v) is 4.59. The number of rotatable bonds is 7. The number of H-pyrrole nitrogens is 1. The standard InChI is InChI=1S/C28H32N4O4/c1-17(2)25(31-28(35)36-4)27(34)32-15-5-6-24(32)26-29-16-23(30-26)22-13-11-21(12-14-22)20-9-7-19(8-10-20)18(3)33/h7-14,16-17,24-25H,5-6,15H2,1-4H3,(H,29,30)(H,31,35). The van der Waals surface area contributed by atoms with Crippen LogP contribution in [0.4, 0.5) is 4.79 Å². The van der Waals surface area contributed by atoms with Crippen molar-refractivity contribution in [2.24, 2.45) is 5.92 Å². The van der Waals surface area contributed by atoms with Gasteiger partial charge in [0.25, 0.3) is 0 Å². The molecule has 1 aliphatic rings. The Bertz CT molecular complexity index is 1230. The number of aromatic nitrogens is 2. The quantitative estimate of drug-likeness (QED) is 0.456. The van der Waals surface area contributed by atoms with E-state index in [-0.39, 0.29) is 23.7 Å². The Morgan fingerprint density at radius 3 is 2.22 bits per heavy atom. The van der Waals surface area contributed by atoms with Gasteiger partial charge in [-0.1, -0.05) is 62.4 Å². The Hall–Kier alpha value is -3.94. The molecule has 1 saturated heterocycles. The van der Waals surface area contributed by atoms with Gasteiger partial charge in [-0.3, -0.25) is 9.59 Å². The Kier molecular flexibility index (Phi) is 7.52. The lowest BCUT2D eigenvalue weighted by Gasteiger charge is -2.30. The number of imidazole rings is 1. The van der Waals surface area contributed by atoms with E-state index in [9.17, 15) is 14.4 Å². The maximum atomic E-state index is 13.3. The number of methoxy groups -OCH3 is 1. The van der Waals surface area contributed by atoms with Crippen LogP contribution in [0.3, 0.4) is 0 Å². The van der Waals surface area contributed by atoms with Gasteiger partial charge in [0.15, 0.2) is 5.78 Å². The van der Waals surface area contributed by atoms with Crippen LogP contribution in [0.1, 0.15) is 55.8 Å². The molecular formula is C28H32N4O4. The van der Waals surface area contributed by atoms with Gasteiger partial charge in [-0.05, 0) is 42.4 Å². The molecule has 188 valence electrons. The highest BCUT2D eigenvalue weighted by Crippen LogP contribution is 2.33. The van der Waals surface area contributed by atoms with Crippen molar-refractivity contribution in [2.75, 3.05) is 13.7 Å². The number of carbonyl (C=O) groups is 3. The molecule has 36 heavy (non-hydrogen) atoms. The molecule has 4 rings (SSSR count). The van der Waals surface area contributed by atoms with Crippen LogP contribution in [-0.4, -0.2) is 52.3 Å². The first-order chi connectivity index (χ1) is 17.3. The minimum atomic E-state index is -0.662. The number of likely N-dealkylation sites (tertiary alicyclic amines) is 1. The van der Waals surface area contributed by atoms with Crippen LogP contribution in [0.5, 0.6) is 0 Å². The van der Waals surface area contributed by atoms with E-state index in [1.807, 2.05) is 62.4 Å². The first-order valence-electron chi connectivity index (χ1n) is 12.2. The summed E-state index contributed by atoms with van der Waals surface area (Å²) >= 11 is 0. The molecule has 2 N–H and O–H groups in total. The average molecular weight is 489 g/mol. The van der Waals surface area contributed by atoms with Crippen molar-refractivity contribution in [1.29, 1.82) is 0 Å². The van der Waals surface area contributed by atoms with Gasteiger partial charge in [-0.2, -0.15) is 0 Å². The third-order valence-electron chi connectivity index (χ3n) is 6.66. The molecule has 2 unspecified atom stereocenters. The lowest BCUT2D eigenvalue weighted by Crippen LogP contribution is -2.51. The zero-order valence-corrected chi connectivity index (χ0v) is 21.1. The molecule has 2 aromatic carbocycles. The maximum Gasteiger partial charge on any atom is 0.407 e. The average Bonchev–Trinajstić information content (AvgIpc) is 3.56. The van der Waals surface area contributed by atoms with Gasteiger partial charge in [0.2, 0.25) is 5.91 Å². The van der Waals surface area contributed by atoms with Crippen LogP contribution in [-0.2, 0) is 9.53 Å². The van der Waals surface area contributed by atoms with Crippen molar-refractivity contribution in [3.63, 3.8) is 0 Å². The molecule has 0 radical (unpaired) electrons. The van der Waals surface area contributed by atoms with Crippen LogP contribution in [0.15, 0.2) is 54.7 Å². The summed E-state index contributed by atoms with van der Waals surface area (Å²) in [5.41, 5.74) is 4.65. The second-order valence-corrected chi connectivity index (χ2v) is 9.44. The molecule has 1 fully saturated rings. The number of carbonyl (C=O) groups excluding carboxylic acids is 3. The molecule has 0 spiro atoms. The number of ketones is 1. The smallest absolute Gasteiger partial charge is 0.407 e. The highest BCUT2D eigenvalue weighted by molar-refractivity contribution is 5.94. The molecule has 0 aliphatic carbocycles. The monoisotopic (exact) mass is 488 g/mol. The summed E-state index contributed by atoms with van der Waals surface area (Å²) in [6.45, 7) is 5.97. The number of nitrogens with zero attached hydrogens (tertiary/aromatic N) is 2. The second-order valence-electron chi connectivity index (χ2n) is 9.44. The van der Waals surface area contributed by atoms with Gasteiger partial charge >= 0.3 is 6.09 Å². The zero-order valence-electron chi connectivity index (χ0n) is 21.1. The summed E-state index contributed by atoms with van der Waals surface area (Å²) in [7, 11) is 1.29. The van der Waals surface area contributed by atoms with Gasteiger partial charge in [-0.15, -0.1) is 0 Å². The molecule has 2 atom stereocenters. The summed E-state index contributed by atoms with van der Waals surface area (Å²) in [6.07, 6.45) is 2.85. The summed E-state index contributed by atoms with van der Waals surface area (Å²) < 4.78 is 4.71. The van der Waals surface area contributed by atoms with Crippen molar-refractivity contribution in [3.05, 3.63) is 66.1 Å². The fraction of sp³-hybridized carbons (Fsp3) is 0.357. The first kappa shape index (κ1) is 25.2. The van der Waals surface area contributed by atoms with Crippen molar-refractivity contribution in [1.82, 2.24) is 20.2 Å². The summed E-state index contributed by atoms with van der Waals surface area (Å²) in [5.74, 6) is 0.576. The number of aromatic amines is 1. The van der Waals surface area contributed by atoms with Gasteiger partial charge in [0.05, 0.1) is 25.0 Å². The fourth-order valence-electron chi connectivity index (χ4n) is 4.59. The number of alkyl carbamates (subject to hydrolysis) is 1. The molecule has 2 heterocycles. The predicted octanol–water partition coefficient (Wildman–Crippen LogP) is 4.99. The van der Waals surface area contributed by atoms with E-state index in [1.165, 1.54) is 7.11 Å².